The second-order valence-electron chi connectivity index (χ2n) is 2.74. The number of nitrogens with one attached hydrogen (secondary N) is 1. The minimum atomic E-state index is -1.46. The van der Waals surface area contributed by atoms with Gasteiger partial charge in [0.1, 0.15) is 0 Å². The fraction of sp³-hybridized carbons (Fsp3) is 0.375. The van der Waals surface area contributed by atoms with Crippen molar-refractivity contribution < 1.29 is 29.7 Å². The van der Waals surface area contributed by atoms with E-state index in [1.54, 1.807) is 0 Å². The van der Waals surface area contributed by atoms with Crippen molar-refractivity contribution in [2.24, 2.45) is 0 Å². The Morgan fingerprint density at radius 2 is 1.73 bits per heavy atom. The summed E-state index contributed by atoms with van der Waals surface area (Å²) in [4.78, 5) is 31.5. The molecule has 0 radical (unpaired) electrons. The summed E-state index contributed by atoms with van der Waals surface area (Å²) in [7, 11) is 0. The van der Waals surface area contributed by atoms with Crippen LogP contribution < -0.4 is 5.32 Å². The van der Waals surface area contributed by atoms with Crippen LogP contribution in [-0.2, 0) is 14.4 Å². The van der Waals surface area contributed by atoms with Crippen LogP contribution in [0.5, 0.6) is 0 Å². The average molecular weight is 217 g/mol. The Balaban J connectivity index is 4.37. The van der Waals surface area contributed by atoms with Crippen molar-refractivity contribution in [3.63, 3.8) is 0 Å². The van der Waals surface area contributed by atoms with Crippen molar-refractivity contribution >= 4 is 17.8 Å². The topological polar surface area (TPSA) is 124 Å². The number of carboxylic acids is 2. The van der Waals surface area contributed by atoms with Gasteiger partial charge in [0.15, 0.2) is 6.04 Å². The maximum Gasteiger partial charge on any atom is 0.328 e. The van der Waals surface area contributed by atoms with Crippen LogP contribution in [0.1, 0.15) is 6.92 Å². The molecule has 0 saturated carbocycles. The third-order valence-corrected chi connectivity index (χ3v) is 1.42. The monoisotopic (exact) mass is 217 g/mol. The minimum absolute atomic E-state index is 0.566. The lowest BCUT2D eigenvalue weighted by atomic mass is 10.2. The first-order valence-corrected chi connectivity index (χ1v) is 3.97. The lowest BCUT2D eigenvalue weighted by Crippen LogP contribution is -2.47. The van der Waals surface area contributed by atoms with E-state index in [2.05, 4.69) is 0 Å². The Morgan fingerprint density at radius 3 is 2.07 bits per heavy atom. The molecule has 0 aromatic rings. The van der Waals surface area contributed by atoms with E-state index in [1.165, 1.54) is 6.92 Å². The highest BCUT2D eigenvalue weighted by molar-refractivity contribution is 5.95. The molecule has 0 aromatic heterocycles. The Labute approximate surface area is 85.0 Å². The van der Waals surface area contributed by atoms with Crippen molar-refractivity contribution in [3.8, 4) is 0 Å². The maximum absolute atomic E-state index is 10.9. The Kier molecular flexibility index (Phi) is 5.03. The van der Waals surface area contributed by atoms with Gasteiger partial charge in [0.05, 0.1) is 6.10 Å². The van der Waals surface area contributed by atoms with Crippen molar-refractivity contribution in [1.82, 2.24) is 5.32 Å². The van der Waals surface area contributed by atoms with Gasteiger partial charge < -0.3 is 20.6 Å². The van der Waals surface area contributed by atoms with E-state index in [1.807, 2.05) is 5.32 Å². The van der Waals surface area contributed by atoms with Crippen molar-refractivity contribution in [3.05, 3.63) is 12.2 Å². The van der Waals surface area contributed by atoms with Crippen LogP contribution in [0, 0.1) is 0 Å². The molecule has 0 heterocycles. The van der Waals surface area contributed by atoms with E-state index in [0.29, 0.717) is 12.2 Å². The van der Waals surface area contributed by atoms with Crippen molar-refractivity contribution in [1.29, 1.82) is 0 Å². The highest BCUT2D eigenvalue weighted by atomic mass is 16.4. The summed E-state index contributed by atoms with van der Waals surface area (Å²) in [6, 6.07) is -1.46. The normalized spacial score (nSPS) is 14.5. The Morgan fingerprint density at radius 1 is 1.20 bits per heavy atom. The molecule has 1 amide bonds. The molecule has 0 spiro atoms. The predicted molar refractivity (Wildman–Crippen MR) is 48.0 cm³/mol. The van der Waals surface area contributed by atoms with E-state index >= 15 is 0 Å². The van der Waals surface area contributed by atoms with Crippen molar-refractivity contribution in [2.75, 3.05) is 0 Å². The average Bonchev–Trinajstić information content (AvgIpc) is 2.09. The SMILES string of the molecule is C[C@@H](O)[C@H](NC(=O)/C=C\C(=O)O)C(=O)O. The second-order valence-corrected chi connectivity index (χ2v) is 2.74. The summed E-state index contributed by atoms with van der Waals surface area (Å²) in [6.07, 6.45) is -0.0404. The fourth-order valence-corrected chi connectivity index (χ4v) is 0.737. The number of hydrogen-bond acceptors (Lipinski definition) is 4. The molecular formula is C8H11NO6. The molecule has 0 bridgehead atoms. The molecule has 0 rings (SSSR count). The standard InChI is InChI=1S/C8H11NO6/c1-4(10)7(8(14)15)9-5(11)2-3-6(12)13/h2-4,7,10H,1H3,(H,9,11)(H,12,13)(H,14,15)/b3-2-/t4-,7+/m1/s1. The summed E-state index contributed by atoms with van der Waals surface area (Å²) in [5.41, 5.74) is 0. The number of rotatable bonds is 5. The minimum Gasteiger partial charge on any atom is -0.480 e. The van der Waals surface area contributed by atoms with Gasteiger partial charge in [0.2, 0.25) is 5.91 Å². The largest absolute Gasteiger partial charge is 0.480 e. The number of carboxylic acid groups (broad SMARTS) is 2. The molecule has 84 valence electrons. The number of aliphatic hydroxyl groups excluding tert-OH is 1. The third-order valence-electron chi connectivity index (χ3n) is 1.42. The molecule has 0 aliphatic heterocycles. The summed E-state index contributed by atoms with van der Waals surface area (Å²) < 4.78 is 0. The molecule has 0 fully saturated rings. The van der Waals surface area contributed by atoms with Crippen LogP contribution in [-0.4, -0.2) is 45.3 Å². The number of carbonyl (C=O) groups is 3. The zero-order valence-corrected chi connectivity index (χ0v) is 7.88. The fourth-order valence-electron chi connectivity index (χ4n) is 0.737. The predicted octanol–water partition coefficient (Wildman–Crippen LogP) is -1.42. The van der Waals surface area contributed by atoms with Crippen LogP contribution in [0.15, 0.2) is 12.2 Å². The van der Waals surface area contributed by atoms with Gasteiger partial charge in [-0.1, -0.05) is 0 Å². The Hall–Kier alpha value is -1.89. The molecule has 0 aliphatic carbocycles. The summed E-state index contributed by atoms with van der Waals surface area (Å²) in [6.45, 7) is 1.19. The summed E-state index contributed by atoms with van der Waals surface area (Å²) in [5.74, 6) is -3.62. The lowest BCUT2D eigenvalue weighted by molar-refractivity contribution is -0.144. The quantitative estimate of drug-likeness (QED) is 0.419. The highest BCUT2D eigenvalue weighted by Crippen LogP contribution is 1.93. The molecule has 4 N–H and O–H groups in total. The molecule has 15 heavy (non-hydrogen) atoms. The van der Waals surface area contributed by atoms with Crippen LogP contribution in [0.2, 0.25) is 0 Å². The number of hydrogen-bond donors (Lipinski definition) is 4. The number of aliphatic carboxylic acids is 2. The van der Waals surface area contributed by atoms with Gasteiger partial charge in [-0.15, -0.1) is 0 Å². The van der Waals surface area contributed by atoms with Crippen LogP contribution in [0.4, 0.5) is 0 Å². The van der Waals surface area contributed by atoms with Gasteiger partial charge in [0.25, 0.3) is 0 Å². The highest BCUT2D eigenvalue weighted by Gasteiger charge is 2.23. The van der Waals surface area contributed by atoms with E-state index < -0.39 is 30.0 Å². The first kappa shape index (κ1) is 13.1. The van der Waals surface area contributed by atoms with Gasteiger partial charge in [-0.05, 0) is 6.92 Å². The lowest BCUT2D eigenvalue weighted by Gasteiger charge is -2.15. The van der Waals surface area contributed by atoms with E-state index in [9.17, 15) is 14.4 Å². The zero-order chi connectivity index (χ0) is 12.0. The number of aliphatic hydroxyl groups is 1. The zero-order valence-electron chi connectivity index (χ0n) is 7.88. The molecule has 0 saturated heterocycles. The van der Waals surface area contributed by atoms with Gasteiger partial charge in [-0.2, -0.15) is 0 Å². The summed E-state index contributed by atoms with van der Waals surface area (Å²) >= 11 is 0. The molecule has 7 heteroatoms. The van der Waals surface area contributed by atoms with Crippen LogP contribution in [0.25, 0.3) is 0 Å². The van der Waals surface area contributed by atoms with Gasteiger partial charge in [0, 0.05) is 12.2 Å². The van der Waals surface area contributed by atoms with E-state index in [-0.39, 0.29) is 0 Å². The molecule has 0 aliphatic rings. The second kappa shape index (κ2) is 5.76. The van der Waals surface area contributed by atoms with Crippen molar-refractivity contribution in [2.45, 2.75) is 19.1 Å². The third kappa shape index (κ3) is 5.42. The van der Waals surface area contributed by atoms with Crippen LogP contribution >= 0.6 is 0 Å². The number of carbonyl (C=O) groups excluding carboxylic acids is 1. The van der Waals surface area contributed by atoms with Gasteiger partial charge in [-0.25, -0.2) is 9.59 Å². The maximum atomic E-state index is 10.9. The van der Waals surface area contributed by atoms with Crippen LogP contribution in [0.3, 0.4) is 0 Å². The van der Waals surface area contributed by atoms with E-state index in [4.69, 9.17) is 15.3 Å². The van der Waals surface area contributed by atoms with E-state index in [0.717, 1.165) is 0 Å². The van der Waals surface area contributed by atoms with Gasteiger partial charge in [-0.3, -0.25) is 4.79 Å². The first-order valence-electron chi connectivity index (χ1n) is 3.97. The molecule has 2 atom stereocenters. The molecule has 7 nitrogen and oxygen atoms in total. The molecular weight excluding hydrogens is 206 g/mol. The smallest absolute Gasteiger partial charge is 0.328 e. The molecule has 0 aromatic carbocycles. The summed E-state index contributed by atoms with van der Waals surface area (Å²) in [5, 5.41) is 27.6. The van der Waals surface area contributed by atoms with Gasteiger partial charge >= 0.3 is 11.9 Å². The first-order chi connectivity index (χ1) is 6.84. The number of amides is 1. The Bertz CT molecular complexity index is 296. The molecule has 0 unspecified atom stereocenters.